The number of aliphatic hydroxyl groups excluding tert-OH is 1. The molecule has 0 radical (unpaired) electrons. The molecule has 7 nitrogen and oxygen atoms in total. The lowest BCUT2D eigenvalue weighted by Crippen LogP contribution is -2.53. The average Bonchev–Trinajstić information content (AvgIpc) is 3.00. The SMILES string of the molecule is CCSNCC(O)CN1C2CCC1CC(NC(=O)c1cc3ccccc3n(C(C)C)c1=O)C2. The lowest BCUT2D eigenvalue weighted by atomic mass is 9.96. The van der Waals surface area contributed by atoms with Crippen LogP contribution in [0.25, 0.3) is 10.9 Å². The van der Waals surface area contributed by atoms with E-state index in [-0.39, 0.29) is 29.1 Å². The normalized spacial score (nSPS) is 23.8. The Morgan fingerprint density at radius 3 is 2.58 bits per heavy atom. The van der Waals surface area contributed by atoms with Crippen LogP contribution in [0.4, 0.5) is 0 Å². The number of nitrogens with one attached hydrogen (secondary N) is 2. The van der Waals surface area contributed by atoms with E-state index in [0.29, 0.717) is 25.2 Å². The van der Waals surface area contributed by atoms with Crippen LogP contribution >= 0.6 is 11.9 Å². The molecule has 4 rings (SSSR count). The molecular weight excluding hydrogens is 436 g/mol. The van der Waals surface area contributed by atoms with Gasteiger partial charge in [0.15, 0.2) is 0 Å². The summed E-state index contributed by atoms with van der Waals surface area (Å²) in [5.74, 6) is 0.696. The second-order valence-electron chi connectivity index (χ2n) is 9.54. The summed E-state index contributed by atoms with van der Waals surface area (Å²) < 4.78 is 4.92. The Bertz CT molecular complexity index is 1030. The number of carbonyl (C=O) groups is 1. The van der Waals surface area contributed by atoms with E-state index in [1.54, 1.807) is 22.6 Å². The third kappa shape index (κ3) is 5.29. The Hall–Kier alpha value is -1.87. The van der Waals surface area contributed by atoms with Crippen molar-refractivity contribution >= 4 is 28.8 Å². The number of aromatic nitrogens is 1. The zero-order chi connectivity index (χ0) is 23.5. The van der Waals surface area contributed by atoms with E-state index in [1.165, 1.54) is 0 Å². The van der Waals surface area contributed by atoms with Crippen LogP contribution < -0.4 is 15.6 Å². The lowest BCUT2D eigenvalue weighted by Gasteiger charge is -2.40. The molecule has 0 saturated carbocycles. The van der Waals surface area contributed by atoms with Crippen LogP contribution in [0.2, 0.25) is 0 Å². The third-order valence-electron chi connectivity index (χ3n) is 6.91. The minimum atomic E-state index is -0.398. The number of carbonyl (C=O) groups excluding carboxylic acids is 1. The van der Waals surface area contributed by atoms with Gasteiger partial charge in [-0.3, -0.25) is 19.2 Å². The number of aliphatic hydroxyl groups is 1. The summed E-state index contributed by atoms with van der Waals surface area (Å²) in [4.78, 5) is 28.8. The fourth-order valence-electron chi connectivity index (χ4n) is 5.48. The van der Waals surface area contributed by atoms with E-state index < -0.39 is 6.10 Å². The highest BCUT2D eigenvalue weighted by Gasteiger charge is 2.41. The highest BCUT2D eigenvalue weighted by Crippen LogP contribution is 2.36. The van der Waals surface area contributed by atoms with Crippen molar-refractivity contribution < 1.29 is 9.90 Å². The van der Waals surface area contributed by atoms with Gasteiger partial charge in [-0.25, -0.2) is 0 Å². The molecule has 8 heteroatoms. The van der Waals surface area contributed by atoms with Gasteiger partial charge in [-0.2, -0.15) is 0 Å². The molecule has 1 aromatic carbocycles. The van der Waals surface area contributed by atoms with Crippen LogP contribution in [0.1, 0.15) is 62.9 Å². The summed E-state index contributed by atoms with van der Waals surface area (Å²) in [5, 5.41) is 14.5. The van der Waals surface area contributed by atoms with E-state index in [2.05, 4.69) is 21.9 Å². The molecule has 2 fully saturated rings. The van der Waals surface area contributed by atoms with Crippen molar-refractivity contribution in [2.45, 2.75) is 76.7 Å². The zero-order valence-corrected chi connectivity index (χ0v) is 20.6. The molecule has 2 aromatic rings. The maximum Gasteiger partial charge on any atom is 0.264 e. The Morgan fingerprint density at radius 1 is 1.21 bits per heavy atom. The van der Waals surface area contributed by atoms with Crippen molar-refractivity contribution in [2.24, 2.45) is 0 Å². The molecule has 3 atom stereocenters. The Balaban J connectivity index is 1.44. The fraction of sp³-hybridized carbons (Fsp3) is 0.600. The zero-order valence-electron chi connectivity index (χ0n) is 19.8. The molecule has 1 amide bonds. The van der Waals surface area contributed by atoms with Crippen LogP contribution in [-0.4, -0.2) is 63.6 Å². The topological polar surface area (TPSA) is 86.6 Å². The minimum Gasteiger partial charge on any atom is -0.390 e. The highest BCUT2D eigenvalue weighted by atomic mass is 32.2. The molecule has 3 unspecified atom stereocenters. The van der Waals surface area contributed by atoms with Gasteiger partial charge in [0.25, 0.3) is 11.5 Å². The molecule has 3 heterocycles. The maximum absolute atomic E-state index is 13.2. The monoisotopic (exact) mass is 472 g/mol. The molecule has 2 saturated heterocycles. The van der Waals surface area contributed by atoms with E-state index in [9.17, 15) is 14.7 Å². The number of hydrogen-bond acceptors (Lipinski definition) is 6. The molecule has 0 spiro atoms. The van der Waals surface area contributed by atoms with Crippen molar-refractivity contribution in [3.63, 3.8) is 0 Å². The Morgan fingerprint density at radius 2 is 1.91 bits per heavy atom. The molecule has 180 valence electrons. The quantitative estimate of drug-likeness (QED) is 0.384. The van der Waals surface area contributed by atoms with E-state index in [0.717, 1.165) is 42.3 Å². The van der Waals surface area contributed by atoms with Crippen LogP contribution in [-0.2, 0) is 0 Å². The number of amides is 1. The predicted molar refractivity (Wildman–Crippen MR) is 135 cm³/mol. The number of para-hydroxylation sites is 1. The van der Waals surface area contributed by atoms with E-state index >= 15 is 0 Å². The number of nitrogens with zero attached hydrogens (tertiary/aromatic N) is 2. The first-order valence-electron chi connectivity index (χ1n) is 12.1. The Kier molecular flexibility index (Phi) is 7.79. The largest absolute Gasteiger partial charge is 0.390 e. The summed E-state index contributed by atoms with van der Waals surface area (Å²) in [6, 6.07) is 10.2. The summed E-state index contributed by atoms with van der Waals surface area (Å²) in [6.07, 6.45) is 3.51. The smallest absolute Gasteiger partial charge is 0.264 e. The second-order valence-corrected chi connectivity index (χ2v) is 10.7. The van der Waals surface area contributed by atoms with Gasteiger partial charge in [-0.05, 0) is 57.0 Å². The van der Waals surface area contributed by atoms with Gasteiger partial charge in [0.2, 0.25) is 0 Å². The van der Waals surface area contributed by atoms with Gasteiger partial charge in [-0.1, -0.05) is 37.1 Å². The number of rotatable bonds is 9. The summed E-state index contributed by atoms with van der Waals surface area (Å²) in [7, 11) is 0. The van der Waals surface area contributed by atoms with Gasteiger partial charge in [0, 0.05) is 43.0 Å². The van der Waals surface area contributed by atoms with Crippen molar-refractivity contribution in [3.8, 4) is 0 Å². The molecule has 2 bridgehead atoms. The molecular formula is C25H36N4O3S. The van der Waals surface area contributed by atoms with E-state index in [4.69, 9.17) is 0 Å². The summed E-state index contributed by atoms with van der Waals surface area (Å²) >= 11 is 1.62. The predicted octanol–water partition coefficient (Wildman–Crippen LogP) is 2.93. The lowest BCUT2D eigenvalue weighted by molar-refractivity contribution is 0.0525. The van der Waals surface area contributed by atoms with Crippen LogP contribution in [0.15, 0.2) is 35.1 Å². The second kappa shape index (κ2) is 10.6. The van der Waals surface area contributed by atoms with E-state index in [1.807, 2.05) is 38.1 Å². The number of hydrogen-bond donors (Lipinski definition) is 3. The van der Waals surface area contributed by atoms with Gasteiger partial charge in [0.05, 0.1) is 11.6 Å². The Labute approximate surface area is 200 Å². The molecule has 2 aliphatic heterocycles. The maximum atomic E-state index is 13.2. The minimum absolute atomic E-state index is 0.0362. The van der Waals surface area contributed by atoms with Crippen molar-refractivity contribution in [1.29, 1.82) is 0 Å². The highest BCUT2D eigenvalue weighted by molar-refractivity contribution is 7.97. The van der Waals surface area contributed by atoms with Crippen molar-refractivity contribution in [3.05, 3.63) is 46.2 Å². The standard InChI is InChI=1S/C25H36N4O3S/c1-4-33-26-14-21(30)15-28-19-9-10-20(28)13-18(12-19)27-24(31)22-11-17-7-5-6-8-23(17)29(16(2)3)25(22)32/h5-8,11,16,18-21,26,30H,4,9-10,12-15H2,1-3H3,(H,27,31). The number of pyridine rings is 1. The molecule has 33 heavy (non-hydrogen) atoms. The fourth-order valence-corrected chi connectivity index (χ4v) is 5.99. The third-order valence-corrected chi connectivity index (χ3v) is 7.57. The van der Waals surface area contributed by atoms with Gasteiger partial charge in [-0.15, -0.1) is 0 Å². The molecule has 1 aromatic heterocycles. The van der Waals surface area contributed by atoms with Gasteiger partial charge >= 0.3 is 0 Å². The van der Waals surface area contributed by atoms with Gasteiger partial charge in [0.1, 0.15) is 5.56 Å². The van der Waals surface area contributed by atoms with Crippen molar-refractivity contribution in [2.75, 3.05) is 18.8 Å². The first-order chi connectivity index (χ1) is 15.9. The molecule has 2 aliphatic rings. The summed E-state index contributed by atoms with van der Waals surface area (Å²) in [5.41, 5.74) is 0.833. The first kappa shape index (κ1) is 24.3. The molecule has 0 aliphatic carbocycles. The number of piperidine rings is 1. The van der Waals surface area contributed by atoms with Crippen LogP contribution in [0.5, 0.6) is 0 Å². The van der Waals surface area contributed by atoms with Gasteiger partial charge < -0.3 is 15.0 Å². The first-order valence-corrected chi connectivity index (χ1v) is 13.1. The average molecular weight is 473 g/mol. The van der Waals surface area contributed by atoms with Crippen molar-refractivity contribution in [1.82, 2.24) is 19.5 Å². The number of benzene rings is 1. The summed E-state index contributed by atoms with van der Waals surface area (Å²) in [6.45, 7) is 7.26. The number of fused-ring (bicyclic) bond motifs is 3. The molecule has 3 N–H and O–H groups in total. The van der Waals surface area contributed by atoms with Crippen LogP contribution in [0, 0.1) is 0 Å². The van der Waals surface area contributed by atoms with Crippen LogP contribution in [0.3, 0.4) is 0 Å².